The van der Waals surface area contributed by atoms with E-state index in [1.165, 1.54) is 9.75 Å². The second-order valence-corrected chi connectivity index (χ2v) is 9.47. The largest absolute Gasteiger partial charge is 0.481 e. The number of aliphatic hydroxyl groups is 3. The number of aliphatic hydroxyl groups excluding tert-OH is 3. The maximum atomic E-state index is 10.5. The van der Waals surface area contributed by atoms with Crippen molar-refractivity contribution in [3.05, 3.63) is 46.2 Å². The zero-order valence-electron chi connectivity index (χ0n) is 17.8. The van der Waals surface area contributed by atoms with Gasteiger partial charge in [0.05, 0.1) is 18.3 Å². The van der Waals surface area contributed by atoms with Gasteiger partial charge >= 0.3 is 5.97 Å². The van der Waals surface area contributed by atoms with Crippen LogP contribution in [0.15, 0.2) is 36.4 Å². The van der Waals surface area contributed by atoms with Crippen molar-refractivity contribution in [1.82, 2.24) is 0 Å². The Morgan fingerprint density at radius 2 is 1.93 bits per heavy atom. The molecule has 1 aliphatic rings. The summed E-state index contributed by atoms with van der Waals surface area (Å²) >= 11 is 1.81. The van der Waals surface area contributed by atoms with Crippen LogP contribution in [0.1, 0.15) is 61.6 Å². The van der Waals surface area contributed by atoms with Gasteiger partial charge in [-0.2, -0.15) is 0 Å². The van der Waals surface area contributed by atoms with Crippen LogP contribution in [0.5, 0.6) is 0 Å². The van der Waals surface area contributed by atoms with Crippen LogP contribution in [-0.4, -0.2) is 44.7 Å². The van der Waals surface area contributed by atoms with E-state index >= 15 is 0 Å². The van der Waals surface area contributed by atoms with E-state index in [0.29, 0.717) is 32.1 Å². The first kappa shape index (κ1) is 24.8. The smallest absolute Gasteiger partial charge is 0.303 e. The fourth-order valence-corrected chi connectivity index (χ4v) is 5.16. The lowest BCUT2D eigenvalue weighted by atomic mass is 9.89. The van der Waals surface area contributed by atoms with Gasteiger partial charge in [-0.05, 0) is 56.6 Å². The second-order valence-electron chi connectivity index (χ2n) is 8.21. The molecular formula is C24H36O5S. The molecule has 1 heterocycles. The Labute approximate surface area is 183 Å². The van der Waals surface area contributed by atoms with E-state index in [0.717, 1.165) is 19.3 Å². The first-order valence-corrected chi connectivity index (χ1v) is 11.9. The van der Waals surface area contributed by atoms with E-state index in [-0.39, 0.29) is 18.3 Å². The molecule has 0 amide bonds. The van der Waals surface area contributed by atoms with Gasteiger partial charge in [-0.1, -0.05) is 37.6 Å². The average molecular weight is 437 g/mol. The highest BCUT2D eigenvalue weighted by Gasteiger charge is 2.39. The summed E-state index contributed by atoms with van der Waals surface area (Å²) in [6.07, 6.45) is 11.9. The quantitative estimate of drug-likeness (QED) is 0.276. The van der Waals surface area contributed by atoms with E-state index in [4.69, 9.17) is 5.11 Å². The minimum Gasteiger partial charge on any atom is -0.481 e. The predicted octanol–water partition coefficient (Wildman–Crippen LogP) is 4.11. The SMILES string of the molecule is CCCc1ccc(CCC(O)C=C[C@H]2C(O)CC(O)[C@@H]2CC=CCCCC(=O)O)s1. The maximum Gasteiger partial charge on any atom is 0.303 e. The Morgan fingerprint density at radius 3 is 2.63 bits per heavy atom. The van der Waals surface area contributed by atoms with Crippen LogP contribution in [0.4, 0.5) is 0 Å². The number of aliphatic carboxylic acids is 1. The van der Waals surface area contributed by atoms with Crippen LogP contribution in [0.2, 0.25) is 0 Å². The molecule has 30 heavy (non-hydrogen) atoms. The van der Waals surface area contributed by atoms with Crippen LogP contribution >= 0.6 is 11.3 Å². The van der Waals surface area contributed by atoms with Crippen LogP contribution in [0, 0.1) is 11.8 Å². The summed E-state index contributed by atoms with van der Waals surface area (Å²) in [4.78, 5) is 13.2. The molecule has 1 fully saturated rings. The Bertz CT molecular complexity index is 696. The second kappa shape index (κ2) is 13.1. The number of rotatable bonds is 13. The van der Waals surface area contributed by atoms with E-state index in [9.17, 15) is 20.1 Å². The highest BCUT2D eigenvalue weighted by Crippen LogP contribution is 2.36. The molecule has 5 atom stereocenters. The standard InChI is InChI=1S/C24H36O5S/c1-2-7-18-13-14-19(30-18)12-10-17(25)11-15-21-20(22(26)16-23(21)27)8-5-3-4-6-9-24(28)29/h3,5,11,13-15,17,20-23,25-27H,2,4,6-10,12,16H2,1H3,(H,28,29)/t17?,20-,21-,22?,23?/m1/s1. The first-order valence-electron chi connectivity index (χ1n) is 11.1. The molecule has 3 unspecified atom stereocenters. The lowest BCUT2D eigenvalue weighted by Gasteiger charge is -2.19. The first-order chi connectivity index (χ1) is 14.4. The van der Waals surface area contributed by atoms with Crippen LogP contribution in [0.3, 0.4) is 0 Å². The summed E-state index contributed by atoms with van der Waals surface area (Å²) in [6, 6.07) is 4.31. The van der Waals surface area contributed by atoms with Crippen molar-refractivity contribution in [2.45, 2.75) is 83.0 Å². The molecular weight excluding hydrogens is 400 g/mol. The lowest BCUT2D eigenvalue weighted by molar-refractivity contribution is -0.137. The Balaban J connectivity index is 1.81. The van der Waals surface area contributed by atoms with E-state index < -0.39 is 24.3 Å². The predicted molar refractivity (Wildman–Crippen MR) is 121 cm³/mol. The lowest BCUT2D eigenvalue weighted by Crippen LogP contribution is -2.20. The zero-order chi connectivity index (χ0) is 21.9. The average Bonchev–Trinajstić information content (AvgIpc) is 3.25. The molecule has 0 saturated heterocycles. The van der Waals surface area contributed by atoms with Crippen molar-refractivity contribution in [1.29, 1.82) is 0 Å². The van der Waals surface area contributed by atoms with Crippen molar-refractivity contribution < 1.29 is 25.2 Å². The highest BCUT2D eigenvalue weighted by molar-refractivity contribution is 7.11. The van der Waals surface area contributed by atoms with E-state index in [2.05, 4.69) is 19.1 Å². The van der Waals surface area contributed by atoms with Crippen molar-refractivity contribution >= 4 is 17.3 Å². The molecule has 168 valence electrons. The van der Waals surface area contributed by atoms with Crippen LogP contribution < -0.4 is 0 Å². The number of allylic oxidation sites excluding steroid dienone is 2. The van der Waals surface area contributed by atoms with Gasteiger partial charge in [0, 0.05) is 28.5 Å². The van der Waals surface area contributed by atoms with Gasteiger partial charge < -0.3 is 20.4 Å². The minimum atomic E-state index is -0.790. The van der Waals surface area contributed by atoms with E-state index in [1.807, 2.05) is 29.6 Å². The molecule has 1 saturated carbocycles. The summed E-state index contributed by atoms with van der Waals surface area (Å²) in [7, 11) is 0. The molecule has 0 bridgehead atoms. The molecule has 2 rings (SSSR count). The number of hydrogen-bond donors (Lipinski definition) is 4. The molecule has 0 aliphatic heterocycles. The van der Waals surface area contributed by atoms with Gasteiger partial charge in [0.1, 0.15) is 0 Å². The molecule has 1 aliphatic carbocycles. The molecule has 5 nitrogen and oxygen atoms in total. The Morgan fingerprint density at radius 1 is 1.20 bits per heavy atom. The van der Waals surface area contributed by atoms with Gasteiger partial charge in [-0.25, -0.2) is 0 Å². The van der Waals surface area contributed by atoms with Crippen molar-refractivity contribution in [2.75, 3.05) is 0 Å². The normalized spacial score (nSPS) is 25.5. The monoisotopic (exact) mass is 436 g/mol. The van der Waals surface area contributed by atoms with Crippen LogP contribution in [-0.2, 0) is 17.6 Å². The van der Waals surface area contributed by atoms with Crippen molar-refractivity contribution in [3.8, 4) is 0 Å². The summed E-state index contributed by atoms with van der Waals surface area (Å²) in [5, 5.41) is 39.6. The molecule has 1 aromatic rings. The number of hydrogen-bond acceptors (Lipinski definition) is 5. The third-order valence-corrected chi connectivity index (χ3v) is 6.91. The topological polar surface area (TPSA) is 98.0 Å². The van der Waals surface area contributed by atoms with Crippen LogP contribution in [0.25, 0.3) is 0 Å². The third kappa shape index (κ3) is 8.34. The number of carboxylic acid groups (broad SMARTS) is 1. The molecule has 0 spiro atoms. The molecule has 4 N–H and O–H groups in total. The zero-order valence-corrected chi connectivity index (χ0v) is 18.6. The highest BCUT2D eigenvalue weighted by atomic mass is 32.1. The van der Waals surface area contributed by atoms with Gasteiger partial charge in [0.2, 0.25) is 0 Å². The fraction of sp³-hybridized carbons (Fsp3) is 0.625. The Hall–Kier alpha value is -1.47. The van der Waals surface area contributed by atoms with Crippen molar-refractivity contribution in [3.63, 3.8) is 0 Å². The van der Waals surface area contributed by atoms with E-state index in [1.54, 1.807) is 6.08 Å². The summed E-state index contributed by atoms with van der Waals surface area (Å²) < 4.78 is 0. The summed E-state index contributed by atoms with van der Waals surface area (Å²) in [5.41, 5.74) is 0. The molecule has 0 aromatic carbocycles. The van der Waals surface area contributed by atoms with Gasteiger partial charge in [-0.15, -0.1) is 11.3 Å². The van der Waals surface area contributed by atoms with Crippen molar-refractivity contribution in [2.24, 2.45) is 11.8 Å². The molecule has 1 aromatic heterocycles. The van der Waals surface area contributed by atoms with Gasteiger partial charge in [0.25, 0.3) is 0 Å². The third-order valence-electron chi connectivity index (χ3n) is 5.71. The fourth-order valence-electron chi connectivity index (χ4n) is 4.03. The van der Waals surface area contributed by atoms with Gasteiger partial charge in [-0.3, -0.25) is 4.79 Å². The number of carboxylic acids is 1. The number of carbonyl (C=O) groups is 1. The molecule has 0 radical (unpaired) electrons. The summed E-state index contributed by atoms with van der Waals surface area (Å²) in [5.74, 6) is -1.06. The number of aryl methyl sites for hydroxylation is 2. The number of thiophene rings is 1. The van der Waals surface area contributed by atoms with Gasteiger partial charge in [0.15, 0.2) is 0 Å². The minimum absolute atomic E-state index is 0.0897. The maximum absolute atomic E-state index is 10.5. The molecule has 6 heteroatoms. The Kier molecular flexibility index (Phi) is 10.8. The number of unbranched alkanes of at least 4 members (excludes halogenated alkanes) is 1. The summed E-state index contributed by atoms with van der Waals surface area (Å²) in [6.45, 7) is 2.17.